The Kier molecular flexibility index (Phi) is 9.04. The van der Waals surface area contributed by atoms with Crippen molar-refractivity contribution in [2.45, 2.75) is 45.1 Å². The Labute approximate surface area is 178 Å². The molecule has 2 aliphatic rings. The summed E-state index contributed by atoms with van der Waals surface area (Å²) in [4.78, 5) is 24.3. The average molecular weight is 426 g/mol. The van der Waals surface area contributed by atoms with E-state index in [4.69, 9.17) is 9.47 Å². The Balaban J connectivity index is 0.00000300. The largest absolute Gasteiger partial charge is 0.493 e. The lowest BCUT2D eigenvalue weighted by Crippen LogP contribution is -2.32. The number of methoxy groups -OCH3 is 1. The summed E-state index contributed by atoms with van der Waals surface area (Å²) in [6.07, 6.45) is 4.81. The molecule has 0 aromatic heterocycles. The molecule has 0 spiro atoms. The summed E-state index contributed by atoms with van der Waals surface area (Å²) >= 11 is 0. The third-order valence-electron chi connectivity index (χ3n) is 5.44. The van der Waals surface area contributed by atoms with Gasteiger partial charge in [0.15, 0.2) is 18.1 Å². The van der Waals surface area contributed by atoms with Gasteiger partial charge >= 0.3 is 0 Å². The van der Waals surface area contributed by atoms with Crippen LogP contribution in [0.1, 0.15) is 39.0 Å². The summed E-state index contributed by atoms with van der Waals surface area (Å²) in [6, 6.07) is 5.52. The van der Waals surface area contributed by atoms with E-state index in [0.717, 1.165) is 38.8 Å². The molecule has 2 amide bonds. The minimum atomic E-state index is -0.144. The number of rotatable bonds is 9. The molecule has 3 rings (SSSR count). The Hall–Kier alpha value is -1.99. The maximum Gasteiger partial charge on any atom is 0.258 e. The number of anilines is 1. The molecule has 1 aromatic carbocycles. The predicted octanol–water partition coefficient (Wildman–Crippen LogP) is 2.74. The van der Waals surface area contributed by atoms with Crippen molar-refractivity contribution in [1.82, 2.24) is 10.6 Å². The molecular weight excluding hydrogens is 394 g/mol. The van der Waals surface area contributed by atoms with Crippen molar-refractivity contribution in [2.75, 3.05) is 32.1 Å². The van der Waals surface area contributed by atoms with Crippen LogP contribution in [0.5, 0.6) is 11.5 Å². The highest BCUT2D eigenvalue weighted by Gasteiger charge is 2.24. The van der Waals surface area contributed by atoms with E-state index < -0.39 is 0 Å². The lowest BCUT2D eigenvalue weighted by molar-refractivity contribution is -0.123. The molecule has 1 unspecified atom stereocenters. The average Bonchev–Trinajstić information content (AvgIpc) is 3.51. The van der Waals surface area contributed by atoms with Crippen LogP contribution in [0.3, 0.4) is 0 Å². The number of carbonyl (C=O) groups is 2. The quantitative estimate of drug-likeness (QED) is 0.566. The van der Waals surface area contributed by atoms with Crippen molar-refractivity contribution in [1.29, 1.82) is 0 Å². The van der Waals surface area contributed by atoms with Gasteiger partial charge in [-0.05, 0) is 62.7 Å². The number of hydrogen-bond donors (Lipinski definition) is 3. The molecule has 0 radical (unpaired) electrons. The molecule has 29 heavy (non-hydrogen) atoms. The van der Waals surface area contributed by atoms with Gasteiger partial charge in [-0.25, -0.2) is 0 Å². The number of nitrogens with one attached hydrogen (secondary N) is 3. The van der Waals surface area contributed by atoms with E-state index in [1.54, 1.807) is 25.3 Å². The van der Waals surface area contributed by atoms with Crippen LogP contribution in [0.25, 0.3) is 0 Å². The van der Waals surface area contributed by atoms with E-state index in [1.165, 1.54) is 0 Å². The highest BCUT2D eigenvalue weighted by Crippen LogP contribution is 2.31. The number of halogens is 1. The number of carbonyl (C=O) groups excluding carboxylic acids is 2. The SMILES string of the molecule is COc1ccc(NC(=O)CC(C)C2CCNCC2)cc1OCC(=O)NC1CC1.Cl. The first-order valence-corrected chi connectivity index (χ1v) is 10.2. The third kappa shape index (κ3) is 7.40. The van der Waals surface area contributed by atoms with Crippen LogP contribution in [-0.2, 0) is 9.59 Å². The number of benzene rings is 1. The van der Waals surface area contributed by atoms with Crippen LogP contribution in [-0.4, -0.2) is 44.7 Å². The second kappa shape index (κ2) is 11.3. The molecule has 0 bridgehead atoms. The Morgan fingerprint density at radius 2 is 1.86 bits per heavy atom. The van der Waals surface area contributed by atoms with E-state index in [2.05, 4.69) is 22.9 Å². The molecular formula is C21H32ClN3O4. The number of ether oxygens (including phenoxy) is 2. The minimum Gasteiger partial charge on any atom is -0.493 e. The van der Waals surface area contributed by atoms with Gasteiger partial charge in [-0.2, -0.15) is 0 Å². The van der Waals surface area contributed by atoms with Crippen LogP contribution in [0.4, 0.5) is 5.69 Å². The fraction of sp³-hybridized carbons (Fsp3) is 0.619. The lowest BCUT2D eigenvalue weighted by Gasteiger charge is -2.27. The molecule has 1 saturated heterocycles. The van der Waals surface area contributed by atoms with Gasteiger partial charge in [0.2, 0.25) is 5.91 Å². The molecule has 1 aliphatic carbocycles. The fourth-order valence-corrected chi connectivity index (χ4v) is 3.59. The number of piperidine rings is 1. The Morgan fingerprint density at radius 1 is 1.14 bits per heavy atom. The first kappa shape index (κ1) is 23.3. The molecule has 7 nitrogen and oxygen atoms in total. The van der Waals surface area contributed by atoms with Gasteiger partial charge in [-0.3, -0.25) is 9.59 Å². The van der Waals surface area contributed by atoms with E-state index in [9.17, 15) is 9.59 Å². The summed E-state index contributed by atoms with van der Waals surface area (Å²) in [6.45, 7) is 4.14. The predicted molar refractivity (Wildman–Crippen MR) is 115 cm³/mol. The summed E-state index contributed by atoms with van der Waals surface area (Å²) in [7, 11) is 1.55. The topological polar surface area (TPSA) is 88.7 Å². The maximum atomic E-state index is 12.5. The Bertz CT molecular complexity index is 691. The van der Waals surface area contributed by atoms with Gasteiger partial charge in [-0.1, -0.05) is 6.92 Å². The van der Waals surface area contributed by atoms with Gasteiger partial charge in [0, 0.05) is 24.2 Å². The van der Waals surface area contributed by atoms with Crippen molar-refractivity contribution in [2.24, 2.45) is 11.8 Å². The first-order chi connectivity index (χ1) is 13.5. The number of hydrogen-bond acceptors (Lipinski definition) is 5. The summed E-state index contributed by atoms with van der Waals surface area (Å²) in [5.74, 6) is 1.76. The van der Waals surface area contributed by atoms with Crippen molar-refractivity contribution in [3.05, 3.63) is 18.2 Å². The zero-order chi connectivity index (χ0) is 19.9. The van der Waals surface area contributed by atoms with Gasteiger partial charge < -0.3 is 25.4 Å². The second-order valence-corrected chi connectivity index (χ2v) is 7.81. The third-order valence-corrected chi connectivity index (χ3v) is 5.44. The maximum absolute atomic E-state index is 12.5. The van der Waals surface area contributed by atoms with Crippen LogP contribution in [0.15, 0.2) is 18.2 Å². The molecule has 1 saturated carbocycles. The van der Waals surface area contributed by atoms with E-state index in [0.29, 0.717) is 41.5 Å². The van der Waals surface area contributed by atoms with Gasteiger partial charge in [-0.15, -0.1) is 12.4 Å². The molecule has 162 valence electrons. The molecule has 1 aromatic rings. The zero-order valence-electron chi connectivity index (χ0n) is 17.2. The molecule has 1 atom stereocenters. The summed E-state index contributed by atoms with van der Waals surface area (Å²) in [5.41, 5.74) is 0.640. The van der Waals surface area contributed by atoms with E-state index >= 15 is 0 Å². The first-order valence-electron chi connectivity index (χ1n) is 10.2. The van der Waals surface area contributed by atoms with Crippen LogP contribution < -0.4 is 25.4 Å². The highest BCUT2D eigenvalue weighted by atomic mass is 35.5. The Morgan fingerprint density at radius 3 is 2.52 bits per heavy atom. The van der Waals surface area contributed by atoms with Gasteiger partial charge in [0.25, 0.3) is 5.91 Å². The fourth-order valence-electron chi connectivity index (χ4n) is 3.59. The molecule has 1 aliphatic heterocycles. The summed E-state index contributed by atoms with van der Waals surface area (Å²) < 4.78 is 10.9. The van der Waals surface area contributed by atoms with E-state index in [1.807, 2.05) is 0 Å². The van der Waals surface area contributed by atoms with Gasteiger partial charge in [0.1, 0.15) is 0 Å². The molecule has 2 fully saturated rings. The second-order valence-electron chi connectivity index (χ2n) is 7.81. The molecule has 1 heterocycles. The number of amides is 2. The lowest BCUT2D eigenvalue weighted by atomic mass is 9.84. The normalized spacial score (nSPS) is 17.6. The van der Waals surface area contributed by atoms with Gasteiger partial charge in [0.05, 0.1) is 7.11 Å². The smallest absolute Gasteiger partial charge is 0.258 e. The minimum absolute atomic E-state index is 0. The van der Waals surface area contributed by atoms with Crippen LogP contribution in [0, 0.1) is 11.8 Å². The van der Waals surface area contributed by atoms with Crippen LogP contribution >= 0.6 is 12.4 Å². The van der Waals surface area contributed by atoms with Crippen molar-refractivity contribution >= 4 is 29.9 Å². The molecule has 8 heteroatoms. The van der Waals surface area contributed by atoms with Crippen molar-refractivity contribution in [3.63, 3.8) is 0 Å². The monoisotopic (exact) mass is 425 g/mol. The van der Waals surface area contributed by atoms with Crippen molar-refractivity contribution in [3.8, 4) is 11.5 Å². The zero-order valence-corrected chi connectivity index (χ0v) is 18.0. The van der Waals surface area contributed by atoms with E-state index in [-0.39, 0.29) is 30.8 Å². The van der Waals surface area contributed by atoms with Crippen LogP contribution in [0.2, 0.25) is 0 Å². The summed E-state index contributed by atoms with van der Waals surface area (Å²) in [5, 5.41) is 9.18. The molecule has 3 N–H and O–H groups in total. The standard InChI is InChI=1S/C21H31N3O4.ClH/c1-14(15-7-9-22-10-8-15)11-20(25)24-17-5-6-18(27-2)19(12-17)28-13-21(26)23-16-3-4-16;/h5-6,12,14-16,22H,3-4,7-11,13H2,1-2H3,(H,23,26)(H,24,25);1H. The van der Waals surface area contributed by atoms with Crippen molar-refractivity contribution < 1.29 is 19.1 Å². The highest BCUT2D eigenvalue weighted by molar-refractivity contribution is 5.91.